The Kier molecular flexibility index (Phi) is 10.5. The summed E-state index contributed by atoms with van der Waals surface area (Å²) in [6.07, 6.45) is 2.42. The first kappa shape index (κ1) is 34.2. The summed E-state index contributed by atoms with van der Waals surface area (Å²) in [6, 6.07) is 20.5. The van der Waals surface area contributed by atoms with Crippen molar-refractivity contribution in [3.8, 4) is 0 Å². The molecular formula is C37H43N5O6. The van der Waals surface area contributed by atoms with E-state index in [0.29, 0.717) is 29.8 Å². The third-order valence-corrected chi connectivity index (χ3v) is 9.15. The van der Waals surface area contributed by atoms with Gasteiger partial charge in [-0.1, -0.05) is 87.4 Å². The van der Waals surface area contributed by atoms with Gasteiger partial charge in [-0.25, -0.2) is 14.5 Å². The Bertz CT molecular complexity index is 1650. The number of urea groups is 2. The van der Waals surface area contributed by atoms with Crippen LogP contribution in [0.25, 0.3) is 0 Å². The first-order valence-electron chi connectivity index (χ1n) is 16.4. The molecule has 0 aromatic heterocycles. The fourth-order valence-electron chi connectivity index (χ4n) is 6.71. The quantitative estimate of drug-likeness (QED) is 0.165. The van der Waals surface area contributed by atoms with Crippen molar-refractivity contribution >= 4 is 41.2 Å². The number of carboxylic acids is 1. The molecule has 11 heteroatoms. The van der Waals surface area contributed by atoms with E-state index in [1.165, 1.54) is 0 Å². The van der Waals surface area contributed by atoms with E-state index in [2.05, 4.69) is 16.0 Å². The average Bonchev–Trinajstić information content (AvgIpc) is 3.62. The predicted molar refractivity (Wildman–Crippen MR) is 182 cm³/mol. The number of nitrogens with zero attached hydrogens (tertiary/aromatic N) is 2. The Morgan fingerprint density at radius 1 is 0.875 bits per heavy atom. The molecule has 6 amide bonds. The smallest absolute Gasteiger partial charge is 0.328 e. The van der Waals surface area contributed by atoms with Gasteiger partial charge in [-0.15, -0.1) is 0 Å². The molecule has 1 saturated heterocycles. The standard InChI is InChI=1S/C37H43N5O6/c1-24(2)21-31(33(45)39-30(22-32(43)44)27-12-5-4-6-13-27)42-34(46)37(19-9-10-20-37)41(36(42)48)23-26-15-17-28(18-16-26)38-35(47)40-29-14-8-7-11-25(29)3/h4-8,11-18,24,30-31H,9-10,19-23H2,1-3H3,(H,39,45)(H,43,44)(H2,38,40,47)/t30?,31-/m0/s1. The number of nitrogens with one attached hydrogen (secondary N) is 3. The first-order chi connectivity index (χ1) is 23.0. The van der Waals surface area contributed by atoms with E-state index in [1.807, 2.05) is 45.0 Å². The maximum Gasteiger partial charge on any atom is 0.328 e. The fraction of sp³-hybridized carbons (Fsp3) is 0.378. The highest BCUT2D eigenvalue weighted by atomic mass is 16.4. The largest absolute Gasteiger partial charge is 0.481 e. The normalized spacial score (nSPS) is 16.7. The predicted octanol–water partition coefficient (Wildman–Crippen LogP) is 6.46. The van der Waals surface area contributed by atoms with Crippen LogP contribution in [0.3, 0.4) is 0 Å². The lowest BCUT2D eigenvalue weighted by atomic mass is 9.93. The van der Waals surface area contributed by atoms with E-state index in [-0.39, 0.29) is 37.2 Å². The van der Waals surface area contributed by atoms with Gasteiger partial charge >= 0.3 is 18.0 Å². The number of aryl methyl sites for hydroxylation is 1. The Hall–Kier alpha value is -5.19. The maximum atomic E-state index is 14.3. The minimum Gasteiger partial charge on any atom is -0.481 e. The van der Waals surface area contributed by atoms with Gasteiger partial charge in [-0.2, -0.15) is 0 Å². The lowest BCUT2D eigenvalue weighted by Gasteiger charge is -2.31. The average molecular weight is 654 g/mol. The number of amides is 6. The van der Waals surface area contributed by atoms with Crippen molar-refractivity contribution in [3.05, 3.63) is 95.6 Å². The number of hydrogen-bond donors (Lipinski definition) is 4. The minimum absolute atomic E-state index is 0.0346. The van der Waals surface area contributed by atoms with Gasteiger partial charge in [0, 0.05) is 17.9 Å². The number of hydrogen-bond acceptors (Lipinski definition) is 5. The van der Waals surface area contributed by atoms with Crippen LogP contribution in [0.5, 0.6) is 0 Å². The molecule has 48 heavy (non-hydrogen) atoms. The third kappa shape index (κ3) is 7.51. The van der Waals surface area contributed by atoms with E-state index >= 15 is 0 Å². The van der Waals surface area contributed by atoms with Crippen molar-refractivity contribution in [2.75, 3.05) is 10.6 Å². The van der Waals surface area contributed by atoms with Gasteiger partial charge in [0.25, 0.3) is 5.91 Å². The molecule has 4 N–H and O–H groups in total. The fourth-order valence-corrected chi connectivity index (χ4v) is 6.71. The van der Waals surface area contributed by atoms with Crippen molar-refractivity contribution in [1.82, 2.24) is 15.1 Å². The molecule has 2 aliphatic rings. The number of rotatable bonds is 12. The Morgan fingerprint density at radius 2 is 1.52 bits per heavy atom. The molecule has 1 aliphatic heterocycles. The number of aliphatic carboxylic acids is 1. The zero-order valence-electron chi connectivity index (χ0n) is 27.6. The van der Waals surface area contributed by atoms with Gasteiger partial charge in [-0.3, -0.25) is 14.4 Å². The van der Waals surface area contributed by atoms with E-state index in [9.17, 15) is 29.1 Å². The lowest BCUT2D eigenvalue weighted by molar-refractivity contribution is -0.141. The zero-order chi connectivity index (χ0) is 34.4. The Morgan fingerprint density at radius 3 is 2.15 bits per heavy atom. The molecule has 2 fully saturated rings. The molecule has 0 radical (unpaired) electrons. The van der Waals surface area contributed by atoms with E-state index in [4.69, 9.17) is 0 Å². The second kappa shape index (κ2) is 14.7. The van der Waals surface area contributed by atoms with Gasteiger partial charge in [0.15, 0.2) is 0 Å². The van der Waals surface area contributed by atoms with Crippen LogP contribution in [0, 0.1) is 12.8 Å². The first-order valence-corrected chi connectivity index (χ1v) is 16.4. The van der Waals surface area contributed by atoms with Crippen molar-refractivity contribution in [1.29, 1.82) is 0 Å². The molecule has 1 saturated carbocycles. The Labute approximate surface area is 280 Å². The Balaban J connectivity index is 1.35. The number of para-hydroxylation sites is 1. The van der Waals surface area contributed by atoms with Crippen molar-refractivity contribution in [3.63, 3.8) is 0 Å². The summed E-state index contributed by atoms with van der Waals surface area (Å²) in [4.78, 5) is 69.5. The van der Waals surface area contributed by atoms with Gasteiger partial charge in [-0.05, 0) is 67.0 Å². The molecule has 1 heterocycles. The number of carbonyl (C=O) groups excluding carboxylic acids is 4. The summed E-state index contributed by atoms with van der Waals surface area (Å²) in [7, 11) is 0. The van der Waals surface area contributed by atoms with Crippen molar-refractivity contribution < 1.29 is 29.1 Å². The summed E-state index contributed by atoms with van der Waals surface area (Å²) in [5, 5.41) is 18.1. The topological polar surface area (TPSA) is 148 Å². The molecule has 1 aliphatic carbocycles. The highest BCUT2D eigenvalue weighted by Crippen LogP contribution is 2.44. The molecular weight excluding hydrogens is 610 g/mol. The second-order valence-corrected chi connectivity index (χ2v) is 13.1. The number of imide groups is 1. The van der Waals surface area contributed by atoms with Crippen molar-refractivity contribution in [2.45, 2.75) is 83.5 Å². The summed E-state index contributed by atoms with van der Waals surface area (Å²) in [5.74, 6) is -2.06. The van der Waals surface area contributed by atoms with Crippen LogP contribution >= 0.6 is 0 Å². The molecule has 5 rings (SSSR count). The van der Waals surface area contributed by atoms with Gasteiger partial charge in [0.05, 0.1) is 12.5 Å². The molecule has 2 atom stereocenters. The van der Waals surface area contributed by atoms with Gasteiger partial charge in [0.2, 0.25) is 5.91 Å². The number of anilines is 2. The molecule has 1 unspecified atom stereocenters. The monoisotopic (exact) mass is 653 g/mol. The van der Waals surface area contributed by atoms with E-state index in [0.717, 1.165) is 28.9 Å². The second-order valence-electron chi connectivity index (χ2n) is 13.1. The third-order valence-electron chi connectivity index (χ3n) is 9.15. The molecule has 252 valence electrons. The molecule has 1 spiro atoms. The summed E-state index contributed by atoms with van der Waals surface area (Å²) in [6.45, 7) is 5.89. The summed E-state index contributed by atoms with van der Waals surface area (Å²) in [5.41, 5.74) is 2.54. The van der Waals surface area contributed by atoms with Crippen LogP contribution in [0.4, 0.5) is 21.0 Å². The molecule has 0 bridgehead atoms. The number of benzene rings is 3. The van der Waals surface area contributed by atoms with Gasteiger partial charge < -0.3 is 26.0 Å². The number of carbonyl (C=O) groups is 5. The highest BCUT2D eigenvalue weighted by Gasteiger charge is 2.60. The van der Waals surface area contributed by atoms with Crippen molar-refractivity contribution in [2.24, 2.45) is 5.92 Å². The van der Waals surface area contributed by atoms with Crippen LogP contribution in [0.2, 0.25) is 0 Å². The summed E-state index contributed by atoms with van der Waals surface area (Å²) >= 11 is 0. The van der Waals surface area contributed by atoms with Gasteiger partial charge in [0.1, 0.15) is 11.6 Å². The van der Waals surface area contributed by atoms with E-state index in [1.54, 1.807) is 59.5 Å². The highest BCUT2D eigenvalue weighted by molar-refractivity contribution is 6.10. The molecule has 11 nitrogen and oxygen atoms in total. The van der Waals surface area contributed by atoms with Crippen LogP contribution in [-0.2, 0) is 20.9 Å². The van der Waals surface area contributed by atoms with Crippen LogP contribution in [0.1, 0.15) is 75.1 Å². The zero-order valence-corrected chi connectivity index (χ0v) is 27.6. The van der Waals surface area contributed by atoms with Crippen LogP contribution in [-0.4, -0.2) is 56.3 Å². The van der Waals surface area contributed by atoms with Crippen LogP contribution in [0.15, 0.2) is 78.9 Å². The van der Waals surface area contributed by atoms with Crippen LogP contribution < -0.4 is 16.0 Å². The SMILES string of the molecule is Cc1ccccc1NC(=O)Nc1ccc(CN2C(=O)N([C@@H](CC(C)C)C(=O)NC(CC(=O)O)c3ccccc3)C(=O)C23CCCC3)cc1. The minimum atomic E-state index is -1.11. The number of carboxylic acid groups (broad SMARTS) is 1. The molecule has 3 aromatic rings. The van der Waals surface area contributed by atoms with E-state index < -0.39 is 35.5 Å². The maximum absolute atomic E-state index is 14.3. The lowest BCUT2D eigenvalue weighted by Crippen LogP contribution is -2.52. The summed E-state index contributed by atoms with van der Waals surface area (Å²) < 4.78 is 0. The molecule has 3 aromatic carbocycles.